The number of benzene rings is 1. The molecule has 0 aliphatic heterocycles. The lowest BCUT2D eigenvalue weighted by molar-refractivity contribution is 0.616. The van der Waals surface area contributed by atoms with Gasteiger partial charge in [-0.2, -0.15) is 0 Å². The lowest BCUT2D eigenvalue weighted by Crippen LogP contribution is -2.28. The Labute approximate surface area is 99.7 Å². The highest BCUT2D eigenvalue weighted by molar-refractivity contribution is 5.53. The van der Waals surface area contributed by atoms with Crippen LogP contribution in [0.1, 0.15) is 26.3 Å². The fourth-order valence-electron chi connectivity index (χ4n) is 2.00. The summed E-state index contributed by atoms with van der Waals surface area (Å²) in [5.74, 6) is 0.697. The molecular formula is C14H24N2. The van der Waals surface area contributed by atoms with Crippen LogP contribution in [0.25, 0.3) is 0 Å². The summed E-state index contributed by atoms with van der Waals surface area (Å²) < 4.78 is 0. The van der Waals surface area contributed by atoms with Gasteiger partial charge in [0.2, 0.25) is 0 Å². The Morgan fingerprint density at radius 2 is 1.94 bits per heavy atom. The van der Waals surface area contributed by atoms with Crippen molar-refractivity contribution in [3.63, 3.8) is 0 Å². The van der Waals surface area contributed by atoms with Gasteiger partial charge in [-0.15, -0.1) is 0 Å². The van der Waals surface area contributed by atoms with Gasteiger partial charge in [-0.3, -0.25) is 0 Å². The van der Waals surface area contributed by atoms with E-state index in [2.05, 4.69) is 55.3 Å². The van der Waals surface area contributed by atoms with Crippen molar-refractivity contribution in [3.05, 3.63) is 29.8 Å². The van der Waals surface area contributed by atoms with Gasteiger partial charge in [0.1, 0.15) is 0 Å². The quantitative estimate of drug-likeness (QED) is 0.793. The van der Waals surface area contributed by atoms with Gasteiger partial charge in [0, 0.05) is 25.3 Å². The highest BCUT2D eigenvalue weighted by Crippen LogP contribution is 2.21. The molecule has 1 rings (SSSR count). The Morgan fingerprint density at radius 3 is 2.50 bits per heavy atom. The standard InChI is InChI=1S/C14H24N2/c1-5-16(11-12(2)3)14-9-7-6-8-13(14)10-15-4/h6-9,12,15H,5,10-11H2,1-4H3. The molecule has 0 saturated carbocycles. The molecule has 2 heteroatoms. The first kappa shape index (κ1) is 13.0. The average molecular weight is 220 g/mol. The number of nitrogens with zero attached hydrogens (tertiary/aromatic N) is 1. The molecule has 0 spiro atoms. The molecule has 0 saturated heterocycles. The van der Waals surface area contributed by atoms with Crippen LogP contribution in [0, 0.1) is 5.92 Å². The van der Waals surface area contributed by atoms with Gasteiger partial charge >= 0.3 is 0 Å². The molecule has 0 bridgehead atoms. The first-order chi connectivity index (χ1) is 7.69. The minimum absolute atomic E-state index is 0.697. The van der Waals surface area contributed by atoms with E-state index in [1.807, 2.05) is 7.05 Å². The summed E-state index contributed by atoms with van der Waals surface area (Å²) >= 11 is 0. The highest BCUT2D eigenvalue weighted by atomic mass is 15.1. The predicted molar refractivity (Wildman–Crippen MR) is 71.9 cm³/mol. The summed E-state index contributed by atoms with van der Waals surface area (Å²) in [7, 11) is 2.00. The molecular weight excluding hydrogens is 196 g/mol. The van der Waals surface area contributed by atoms with E-state index >= 15 is 0 Å². The smallest absolute Gasteiger partial charge is 0.0411 e. The largest absolute Gasteiger partial charge is 0.371 e. The zero-order valence-electron chi connectivity index (χ0n) is 11.0. The summed E-state index contributed by atoms with van der Waals surface area (Å²) in [6.45, 7) is 9.88. The monoisotopic (exact) mass is 220 g/mol. The van der Waals surface area contributed by atoms with Crippen LogP contribution < -0.4 is 10.2 Å². The van der Waals surface area contributed by atoms with Crippen molar-refractivity contribution >= 4 is 5.69 Å². The van der Waals surface area contributed by atoms with Crippen molar-refractivity contribution in [2.45, 2.75) is 27.3 Å². The van der Waals surface area contributed by atoms with Gasteiger partial charge in [0.25, 0.3) is 0 Å². The molecule has 0 aliphatic rings. The SMILES string of the molecule is CCN(CC(C)C)c1ccccc1CNC. The van der Waals surface area contributed by atoms with Crippen molar-refractivity contribution in [3.8, 4) is 0 Å². The average Bonchev–Trinajstić information content (AvgIpc) is 2.27. The first-order valence-corrected chi connectivity index (χ1v) is 6.16. The molecule has 1 aromatic carbocycles. The van der Waals surface area contributed by atoms with E-state index in [0.29, 0.717) is 5.92 Å². The van der Waals surface area contributed by atoms with Gasteiger partial charge < -0.3 is 10.2 Å². The van der Waals surface area contributed by atoms with Crippen molar-refractivity contribution in [1.29, 1.82) is 0 Å². The third-order valence-corrected chi connectivity index (χ3v) is 2.67. The Balaban J connectivity index is 2.89. The minimum Gasteiger partial charge on any atom is -0.371 e. The predicted octanol–water partition coefficient (Wildman–Crippen LogP) is 2.89. The van der Waals surface area contributed by atoms with Gasteiger partial charge in [-0.25, -0.2) is 0 Å². The fourth-order valence-corrected chi connectivity index (χ4v) is 2.00. The molecule has 2 nitrogen and oxygen atoms in total. The number of rotatable bonds is 6. The molecule has 0 fully saturated rings. The number of anilines is 1. The van der Waals surface area contributed by atoms with Crippen LogP contribution in [0.15, 0.2) is 24.3 Å². The van der Waals surface area contributed by atoms with E-state index in [1.165, 1.54) is 11.3 Å². The van der Waals surface area contributed by atoms with Crippen LogP contribution in [0.5, 0.6) is 0 Å². The molecule has 16 heavy (non-hydrogen) atoms. The van der Waals surface area contributed by atoms with Crippen LogP contribution in [-0.2, 0) is 6.54 Å². The van der Waals surface area contributed by atoms with Crippen LogP contribution in [0.4, 0.5) is 5.69 Å². The zero-order valence-corrected chi connectivity index (χ0v) is 11.0. The Bertz CT molecular complexity index is 307. The van der Waals surface area contributed by atoms with E-state index < -0.39 is 0 Å². The molecule has 0 unspecified atom stereocenters. The van der Waals surface area contributed by atoms with E-state index in [9.17, 15) is 0 Å². The van der Waals surface area contributed by atoms with E-state index in [-0.39, 0.29) is 0 Å². The lowest BCUT2D eigenvalue weighted by Gasteiger charge is -2.27. The van der Waals surface area contributed by atoms with Crippen LogP contribution in [-0.4, -0.2) is 20.1 Å². The normalized spacial score (nSPS) is 10.8. The summed E-state index contributed by atoms with van der Waals surface area (Å²) in [4.78, 5) is 2.46. The van der Waals surface area contributed by atoms with Gasteiger partial charge in [-0.1, -0.05) is 32.0 Å². The maximum absolute atomic E-state index is 3.23. The summed E-state index contributed by atoms with van der Waals surface area (Å²) in [5, 5.41) is 3.23. The van der Waals surface area contributed by atoms with Crippen LogP contribution in [0.3, 0.4) is 0 Å². The maximum atomic E-state index is 3.23. The second kappa shape index (κ2) is 6.54. The number of hydrogen-bond acceptors (Lipinski definition) is 2. The number of hydrogen-bond donors (Lipinski definition) is 1. The second-order valence-corrected chi connectivity index (χ2v) is 4.59. The molecule has 1 aromatic rings. The molecule has 0 aromatic heterocycles. The Morgan fingerprint density at radius 1 is 1.25 bits per heavy atom. The van der Waals surface area contributed by atoms with Crippen molar-refractivity contribution in [1.82, 2.24) is 5.32 Å². The molecule has 0 amide bonds. The zero-order chi connectivity index (χ0) is 12.0. The Hall–Kier alpha value is -1.02. The van der Waals surface area contributed by atoms with Crippen LogP contribution >= 0.6 is 0 Å². The third kappa shape index (κ3) is 3.53. The topological polar surface area (TPSA) is 15.3 Å². The Kier molecular flexibility index (Phi) is 5.33. The minimum atomic E-state index is 0.697. The first-order valence-electron chi connectivity index (χ1n) is 6.16. The van der Waals surface area contributed by atoms with Gasteiger partial charge in [0.15, 0.2) is 0 Å². The highest BCUT2D eigenvalue weighted by Gasteiger charge is 2.09. The molecule has 1 N–H and O–H groups in total. The third-order valence-electron chi connectivity index (χ3n) is 2.67. The van der Waals surface area contributed by atoms with Gasteiger partial charge in [-0.05, 0) is 31.5 Å². The number of nitrogens with one attached hydrogen (secondary N) is 1. The molecule has 0 atom stereocenters. The van der Waals surface area contributed by atoms with Crippen molar-refractivity contribution in [2.24, 2.45) is 5.92 Å². The second-order valence-electron chi connectivity index (χ2n) is 4.59. The van der Waals surface area contributed by atoms with E-state index in [1.54, 1.807) is 0 Å². The van der Waals surface area contributed by atoms with Crippen molar-refractivity contribution < 1.29 is 0 Å². The fraction of sp³-hybridized carbons (Fsp3) is 0.571. The van der Waals surface area contributed by atoms with E-state index in [0.717, 1.165) is 19.6 Å². The molecule has 0 radical (unpaired) electrons. The summed E-state index contributed by atoms with van der Waals surface area (Å²) in [6, 6.07) is 8.66. The number of para-hydroxylation sites is 1. The summed E-state index contributed by atoms with van der Waals surface area (Å²) in [6.07, 6.45) is 0. The lowest BCUT2D eigenvalue weighted by atomic mass is 10.1. The molecule has 90 valence electrons. The maximum Gasteiger partial charge on any atom is 0.0411 e. The molecule has 0 aliphatic carbocycles. The summed E-state index contributed by atoms with van der Waals surface area (Å²) in [5.41, 5.74) is 2.75. The van der Waals surface area contributed by atoms with Gasteiger partial charge in [0.05, 0.1) is 0 Å². The van der Waals surface area contributed by atoms with Crippen molar-refractivity contribution in [2.75, 3.05) is 25.0 Å². The molecule has 0 heterocycles. The van der Waals surface area contributed by atoms with E-state index in [4.69, 9.17) is 0 Å². The van der Waals surface area contributed by atoms with Crippen LogP contribution in [0.2, 0.25) is 0 Å².